The number of nitrogens with zero attached hydrogens (tertiary/aromatic N) is 3. The largest absolute Gasteiger partial charge is 0.495 e. The second-order valence-electron chi connectivity index (χ2n) is 8.87. The predicted molar refractivity (Wildman–Crippen MR) is 138 cm³/mol. The standard InChI is InChI=1S/C29H31N3O2/c1-34-28-21-25(14-15-27(28)32-18-7-12-24-11-5-6-13-26(24)32)29(33)31-17-8-16-30(19-20-31)22-23-9-3-2-4-10-23/h2-7,9-15,21H,8,16-20,22H2,1H3. The van der Waals surface area contributed by atoms with E-state index in [4.69, 9.17) is 4.74 Å². The number of hydrogen-bond acceptors (Lipinski definition) is 4. The molecule has 5 rings (SSSR count). The van der Waals surface area contributed by atoms with Crippen LogP contribution >= 0.6 is 0 Å². The summed E-state index contributed by atoms with van der Waals surface area (Å²) >= 11 is 0. The second kappa shape index (κ2) is 10.1. The number of fused-ring (bicyclic) bond motifs is 1. The van der Waals surface area contributed by atoms with Gasteiger partial charge in [0.2, 0.25) is 0 Å². The number of ether oxygens (including phenoxy) is 1. The quantitative estimate of drug-likeness (QED) is 0.532. The molecule has 1 fully saturated rings. The molecule has 0 saturated carbocycles. The van der Waals surface area contributed by atoms with Crippen molar-refractivity contribution in [3.8, 4) is 5.75 Å². The number of anilines is 2. The molecule has 5 nitrogen and oxygen atoms in total. The van der Waals surface area contributed by atoms with Crippen molar-refractivity contribution in [1.29, 1.82) is 0 Å². The minimum atomic E-state index is 0.0744. The molecule has 0 N–H and O–H groups in total. The van der Waals surface area contributed by atoms with Crippen LogP contribution < -0.4 is 9.64 Å². The highest BCUT2D eigenvalue weighted by Crippen LogP contribution is 2.38. The number of benzene rings is 3. The van der Waals surface area contributed by atoms with Crippen LogP contribution in [0.4, 0.5) is 11.4 Å². The zero-order valence-electron chi connectivity index (χ0n) is 19.7. The van der Waals surface area contributed by atoms with Crippen molar-refractivity contribution in [3.63, 3.8) is 0 Å². The molecule has 0 spiro atoms. The Labute approximate surface area is 201 Å². The van der Waals surface area contributed by atoms with E-state index in [9.17, 15) is 4.79 Å². The Morgan fingerprint density at radius 2 is 1.71 bits per heavy atom. The normalized spacial score (nSPS) is 16.1. The number of hydrogen-bond donors (Lipinski definition) is 0. The van der Waals surface area contributed by atoms with Gasteiger partial charge in [-0.25, -0.2) is 0 Å². The molecule has 0 aliphatic carbocycles. The summed E-state index contributed by atoms with van der Waals surface area (Å²) in [4.78, 5) is 20.1. The van der Waals surface area contributed by atoms with Crippen LogP contribution in [-0.4, -0.2) is 55.5 Å². The SMILES string of the molecule is COc1cc(C(=O)N2CCCN(Cc3ccccc3)CC2)ccc1N1CC=Cc2ccccc21. The Bertz CT molecular complexity index is 1180. The third-order valence-electron chi connectivity index (χ3n) is 6.66. The fourth-order valence-corrected chi connectivity index (χ4v) is 4.88. The van der Waals surface area contributed by atoms with Crippen LogP contribution in [-0.2, 0) is 6.54 Å². The van der Waals surface area contributed by atoms with Crippen molar-refractivity contribution in [2.75, 3.05) is 44.7 Å². The first-order valence-corrected chi connectivity index (χ1v) is 12.0. The highest BCUT2D eigenvalue weighted by molar-refractivity contribution is 5.96. The third kappa shape index (κ3) is 4.70. The fraction of sp³-hybridized carbons (Fsp3) is 0.276. The van der Waals surface area contributed by atoms with Crippen LogP contribution in [0.2, 0.25) is 0 Å². The van der Waals surface area contributed by atoms with Gasteiger partial charge in [-0.3, -0.25) is 9.69 Å². The zero-order valence-corrected chi connectivity index (χ0v) is 19.7. The molecule has 2 aliphatic heterocycles. The maximum absolute atomic E-state index is 13.4. The smallest absolute Gasteiger partial charge is 0.254 e. The highest BCUT2D eigenvalue weighted by Gasteiger charge is 2.23. The van der Waals surface area contributed by atoms with E-state index in [0.29, 0.717) is 5.56 Å². The lowest BCUT2D eigenvalue weighted by atomic mass is 10.1. The Morgan fingerprint density at radius 1 is 0.882 bits per heavy atom. The summed E-state index contributed by atoms with van der Waals surface area (Å²) in [5, 5.41) is 0. The van der Waals surface area contributed by atoms with E-state index in [0.717, 1.165) is 62.8 Å². The Hall–Kier alpha value is -3.57. The summed E-state index contributed by atoms with van der Waals surface area (Å²) in [7, 11) is 1.67. The van der Waals surface area contributed by atoms with E-state index >= 15 is 0 Å². The van der Waals surface area contributed by atoms with Gasteiger partial charge >= 0.3 is 0 Å². The number of carbonyl (C=O) groups is 1. The van der Waals surface area contributed by atoms with Gasteiger partial charge in [0.25, 0.3) is 5.91 Å². The van der Waals surface area contributed by atoms with Crippen LogP contribution in [0.3, 0.4) is 0 Å². The predicted octanol–water partition coefficient (Wildman–Crippen LogP) is 5.21. The minimum Gasteiger partial charge on any atom is -0.495 e. The van der Waals surface area contributed by atoms with Crippen LogP contribution in [0.15, 0.2) is 78.9 Å². The molecular weight excluding hydrogens is 422 g/mol. The lowest BCUT2D eigenvalue weighted by Gasteiger charge is -2.30. The maximum atomic E-state index is 13.4. The minimum absolute atomic E-state index is 0.0744. The molecule has 34 heavy (non-hydrogen) atoms. The lowest BCUT2D eigenvalue weighted by molar-refractivity contribution is 0.0761. The van der Waals surface area contributed by atoms with Crippen LogP contribution in [0.5, 0.6) is 5.75 Å². The molecule has 0 atom stereocenters. The van der Waals surface area contributed by atoms with Gasteiger partial charge in [-0.1, -0.05) is 60.7 Å². The maximum Gasteiger partial charge on any atom is 0.254 e. The van der Waals surface area contributed by atoms with Gasteiger partial charge < -0.3 is 14.5 Å². The molecular formula is C29H31N3O2. The molecule has 5 heteroatoms. The van der Waals surface area contributed by atoms with Gasteiger partial charge in [-0.2, -0.15) is 0 Å². The molecule has 1 saturated heterocycles. The summed E-state index contributed by atoms with van der Waals surface area (Å²) in [6.07, 6.45) is 5.28. The summed E-state index contributed by atoms with van der Waals surface area (Å²) in [6.45, 7) is 5.09. The van der Waals surface area contributed by atoms with Gasteiger partial charge in [0, 0.05) is 50.5 Å². The van der Waals surface area contributed by atoms with Crippen molar-refractivity contribution in [1.82, 2.24) is 9.80 Å². The van der Waals surface area contributed by atoms with Crippen molar-refractivity contribution >= 4 is 23.4 Å². The van der Waals surface area contributed by atoms with E-state index in [1.807, 2.05) is 35.2 Å². The van der Waals surface area contributed by atoms with Gasteiger partial charge in [0.05, 0.1) is 12.8 Å². The third-order valence-corrected chi connectivity index (χ3v) is 6.66. The summed E-state index contributed by atoms with van der Waals surface area (Å²) in [5.41, 5.74) is 5.30. The summed E-state index contributed by atoms with van der Waals surface area (Å²) in [5.74, 6) is 0.793. The zero-order chi connectivity index (χ0) is 23.3. The monoisotopic (exact) mass is 453 g/mol. The molecule has 3 aromatic rings. The summed E-state index contributed by atoms with van der Waals surface area (Å²) in [6, 6.07) is 24.7. The first-order chi connectivity index (χ1) is 16.7. The molecule has 0 bridgehead atoms. The van der Waals surface area contributed by atoms with Gasteiger partial charge in [-0.15, -0.1) is 0 Å². The first-order valence-electron chi connectivity index (χ1n) is 12.0. The number of para-hydroxylation sites is 1. The average Bonchev–Trinajstić information content (AvgIpc) is 3.13. The van der Waals surface area contributed by atoms with E-state index < -0.39 is 0 Å². The first kappa shape index (κ1) is 22.2. The van der Waals surface area contributed by atoms with Crippen LogP contribution in [0.25, 0.3) is 6.08 Å². The van der Waals surface area contributed by atoms with Crippen molar-refractivity contribution < 1.29 is 9.53 Å². The van der Waals surface area contributed by atoms with E-state index in [2.05, 4.69) is 64.4 Å². The molecule has 3 aromatic carbocycles. The van der Waals surface area contributed by atoms with E-state index in [1.54, 1.807) is 7.11 Å². The van der Waals surface area contributed by atoms with E-state index in [1.165, 1.54) is 11.1 Å². The highest BCUT2D eigenvalue weighted by atomic mass is 16.5. The Balaban J connectivity index is 1.30. The van der Waals surface area contributed by atoms with Crippen molar-refractivity contribution in [3.05, 3.63) is 95.6 Å². The van der Waals surface area contributed by atoms with Crippen LogP contribution in [0, 0.1) is 0 Å². The Kier molecular flexibility index (Phi) is 6.63. The van der Waals surface area contributed by atoms with Crippen molar-refractivity contribution in [2.45, 2.75) is 13.0 Å². The Morgan fingerprint density at radius 3 is 2.56 bits per heavy atom. The van der Waals surface area contributed by atoms with Crippen molar-refractivity contribution in [2.24, 2.45) is 0 Å². The number of methoxy groups -OCH3 is 1. The molecule has 1 amide bonds. The number of amides is 1. The lowest BCUT2D eigenvalue weighted by Crippen LogP contribution is -2.35. The van der Waals surface area contributed by atoms with Crippen LogP contribution in [0.1, 0.15) is 27.9 Å². The van der Waals surface area contributed by atoms with E-state index in [-0.39, 0.29) is 5.91 Å². The molecule has 174 valence electrons. The topological polar surface area (TPSA) is 36.0 Å². The molecule has 0 unspecified atom stereocenters. The summed E-state index contributed by atoms with van der Waals surface area (Å²) < 4.78 is 5.76. The number of rotatable bonds is 5. The molecule has 2 heterocycles. The number of carbonyl (C=O) groups excluding carboxylic acids is 1. The molecule has 0 aromatic heterocycles. The fourth-order valence-electron chi connectivity index (χ4n) is 4.88. The molecule has 2 aliphatic rings. The average molecular weight is 454 g/mol. The van der Waals surface area contributed by atoms with Gasteiger partial charge in [-0.05, 0) is 41.8 Å². The second-order valence-corrected chi connectivity index (χ2v) is 8.87. The van der Waals surface area contributed by atoms with Gasteiger partial charge in [0.15, 0.2) is 0 Å². The molecule has 0 radical (unpaired) electrons. The van der Waals surface area contributed by atoms with Gasteiger partial charge in [0.1, 0.15) is 5.75 Å².